The van der Waals surface area contributed by atoms with Crippen molar-refractivity contribution in [2.45, 2.75) is 26.0 Å². The Balaban J connectivity index is 2.10. The maximum absolute atomic E-state index is 12.9. The van der Waals surface area contributed by atoms with Gasteiger partial charge in [-0.2, -0.15) is 0 Å². The fraction of sp³-hybridized carbons (Fsp3) is 0.294. The Morgan fingerprint density at radius 2 is 1.60 bits per heavy atom. The zero-order valence-electron chi connectivity index (χ0n) is 12.1. The highest BCUT2D eigenvalue weighted by atomic mass is 19.1. The van der Waals surface area contributed by atoms with Crippen molar-refractivity contribution in [3.63, 3.8) is 0 Å². The highest BCUT2D eigenvalue weighted by Gasteiger charge is 2.19. The molecule has 106 valence electrons. The van der Waals surface area contributed by atoms with E-state index in [0.29, 0.717) is 5.75 Å². The summed E-state index contributed by atoms with van der Waals surface area (Å²) in [4.78, 5) is 0. The Morgan fingerprint density at radius 1 is 1.00 bits per heavy atom. The van der Waals surface area contributed by atoms with Gasteiger partial charge in [-0.1, -0.05) is 29.8 Å². The van der Waals surface area contributed by atoms with Crippen molar-refractivity contribution in [3.05, 3.63) is 65.5 Å². The monoisotopic (exact) mass is 273 g/mol. The molecule has 20 heavy (non-hydrogen) atoms. The summed E-state index contributed by atoms with van der Waals surface area (Å²) in [5.41, 5.74) is 2.41. The summed E-state index contributed by atoms with van der Waals surface area (Å²) in [5.74, 6) is 0.417. The zero-order valence-corrected chi connectivity index (χ0v) is 12.1. The molecule has 0 aromatic heterocycles. The molecule has 0 amide bonds. The Hall–Kier alpha value is -1.87. The van der Waals surface area contributed by atoms with Crippen LogP contribution in [0.25, 0.3) is 0 Å². The van der Waals surface area contributed by atoms with Crippen LogP contribution in [0.15, 0.2) is 48.5 Å². The Labute approximate surface area is 119 Å². The van der Waals surface area contributed by atoms with Gasteiger partial charge < -0.3 is 10.1 Å². The maximum Gasteiger partial charge on any atom is 0.123 e. The van der Waals surface area contributed by atoms with E-state index in [1.54, 1.807) is 12.1 Å². The van der Waals surface area contributed by atoms with Crippen LogP contribution in [0.3, 0.4) is 0 Å². The topological polar surface area (TPSA) is 21.3 Å². The van der Waals surface area contributed by atoms with Crippen molar-refractivity contribution in [1.82, 2.24) is 5.32 Å². The average molecular weight is 273 g/mol. The van der Waals surface area contributed by atoms with Crippen molar-refractivity contribution >= 4 is 0 Å². The van der Waals surface area contributed by atoms with Crippen LogP contribution in [-0.4, -0.2) is 13.2 Å². The minimum atomic E-state index is -0.256. The first-order valence-electron chi connectivity index (χ1n) is 6.76. The predicted octanol–water partition coefficient (Wildman–Crippen LogP) is 3.86. The fourth-order valence-corrected chi connectivity index (χ4v) is 2.24. The first-order chi connectivity index (χ1) is 9.60. The molecule has 0 heterocycles. The van der Waals surface area contributed by atoms with Gasteiger partial charge in [0, 0.05) is 0 Å². The summed E-state index contributed by atoms with van der Waals surface area (Å²) in [6.07, 6.45) is -0.0619. The second-order valence-electron chi connectivity index (χ2n) is 4.95. The number of benzene rings is 2. The molecule has 2 nitrogen and oxygen atoms in total. The Kier molecular flexibility index (Phi) is 4.74. The van der Waals surface area contributed by atoms with Crippen LogP contribution in [0.2, 0.25) is 0 Å². The highest BCUT2D eigenvalue weighted by molar-refractivity contribution is 5.26. The SMILES string of the molecule is CNC(c1ccc(C)cc1)C(C)Oc1ccc(F)cc1. The third kappa shape index (κ3) is 3.58. The standard InChI is InChI=1S/C17H20FNO/c1-12-4-6-14(7-5-12)17(19-3)13(2)20-16-10-8-15(18)9-11-16/h4-11,13,17,19H,1-3H3. The van der Waals surface area contributed by atoms with E-state index < -0.39 is 0 Å². The number of likely N-dealkylation sites (N-methyl/N-ethyl adjacent to an activating group) is 1. The van der Waals surface area contributed by atoms with Crippen molar-refractivity contribution in [3.8, 4) is 5.75 Å². The third-order valence-corrected chi connectivity index (χ3v) is 3.35. The number of hydrogen-bond acceptors (Lipinski definition) is 2. The average Bonchev–Trinajstić information content (AvgIpc) is 2.44. The number of rotatable bonds is 5. The van der Waals surface area contributed by atoms with Crippen molar-refractivity contribution in [1.29, 1.82) is 0 Å². The lowest BCUT2D eigenvalue weighted by Gasteiger charge is -2.25. The van der Waals surface area contributed by atoms with Crippen LogP contribution in [-0.2, 0) is 0 Å². The van der Waals surface area contributed by atoms with E-state index in [9.17, 15) is 4.39 Å². The van der Waals surface area contributed by atoms with E-state index in [-0.39, 0.29) is 18.0 Å². The van der Waals surface area contributed by atoms with Gasteiger partial charge in [-0.3, -0.25) is 0 Å². The second-order valence-corrected chi connectivity index (χ2v) is 4.95. The molecule has 0 aliphatic rings. The molecule has 3 heteroatoms. The van der Waals surface area contributed by atoms with Crippen LogP contribution in [0.4, 0.5) is 4.39 Å². The molecule has 2 rings (SSSR count). The number of ether oxygens (including phenoxy) is 1. The molecular weight excluding hydrogens is 253 g/mol. The third-order valence-electron chi connectivity index (χ3n) is 3.35. The molecule has 0 bridgehead atoms. The molecular formula is C17H20FNO. The van der Waals surface area contributed by atoms with Crippen LogP contribution in [0.5, 0.6) is 5.75 Å². The van der Waals surface area contributed by atoms with Gasteiger partial charge in [0.05, 0.1) is 6.04 Å². The van der Waals surface area contributed by atoms with Gasteiger partial charge in [0.15, 0.2) is 0 Å². The summed E-state index contributed by atoms with van der Waals surface area (Å²) in [6, 6.07) is 14.6. The quantitative estimate of drug-likeness (QED) is 0.893. The summed E-state index contributed by atoms with van der Waals surface area (Å²) < 4.78 is 18.8. The number of hydrogen-bond donors (Lipinski definition) is 1. The van der Waals surface area contributed by atoms with Crippen LogP contribution in [0, 0.1) is 12.7 Å². The smallest absolute Gasteiger partial charge is 0.123 e. The molecule has 2 atom stereocenters. The first kappa shape index (κ1) is 14.5. The van der Waals surface area contributed by atoms with Gasteiger partial charge in [-0.05, 0) is 50.7 Å². The van der Waals surface area contributed by atoms with E-state index in [1.807, 2.05) is 14.0 Å². The van der Waals surface area contributed by atoms with Gasteiger partial charge in [-0.15, -0.1) is 0 Å². The molecule has 2 aromatic rings. The molecule has 0 saturated heterocycles. The minimum absolute atomic E-state index is 0.0619. The van der Waals surface area contributed by atoms with Crippen LogP contribution >= 0.6 is 0 Å². The van der Waals surface area contributed by atoms with E-state index in [1.165, 1.54) is 23.3 Å². The van der Waals surface area contributed by atoms with Gasteiger partial charge in [0.1, 0.15) is 17.7 Å². The van der Waals surface area contributed by atoms with Gasteiger partial charge >= 0.3 is 0 Å². The number of aryl methyl sites for hydroxylation is 1. The summed E-state index contributed by atoms with van der Waals surface area (Å²) >= 11 is 0. The van der Waals surface area contributed by atoms with Gasteiger partial charge in [0.25, 0.3) is 0 Å². The molecule has 1 N–H and O–H groups in total. The largest absolute Gasteiger partial charge is 0.489 e. The molecule has 0 saturated carbocycles. The van der Waals surface area contributed by atoms with Gasteiger partial charge in [-0.25, -0.2) is 4.39 Å². The normalized spacial score (nSPS) is 13.8. The molecule has 0 aliphatic carbocycles. The summed E-state index contributed by atoms with van der Waals surface area (Å²) in [7, 11) is 1.91. The molecule has 2 unspecified atom stereocenters. The molecule has 0 fully saturated rings. The lowest BCUT2D eigenvalue weighted by Crippen LogP contribution is -2.31. The molecule has 2 aromatic carbocycles. The lowest BCUT2D eigenvalue weighted by molar-refractivity contribution is 0.175. The molecule has 0 aliphatic heterocycles. The second kappa shape index (κ2) is 6.53. The number of nitrogens with one attached hydrogen (secondary N) is 1. The van der Waals surface area contributed by atoms with E-state index in [4.69, 9.17) is 4.74 Å². The maximum atomic E-state index is 12.9. The van der Waals surface area contributed by atoms with Gasteiger partial charge in [0.2, 0.25) is 0 Å². The van der Waals surface area contributed by atoms with E-state index in [0.717, 1.165) is 0 Å². The van der Waals surface area contributed by atoms with E-state index in [2.05, 4.69) is 36.5 Å². The van der Waals surface area contributed by atoms with Crippen molar-refractivity contribution < 1.29 is 9.13 Å². The fourth-order valence-electron chi connectivity index (χ4n) is 2.24. The van der Waals surface area contributed by atoms with E-state index >= 15 is 0 Å². The van der Waals surface area contributed by atoms with Crippen LogP contribution in [0.1, 0.15) is 24.1 Å². The zero-order chi connectivity index (χ0) is 14.5. The van der Waals surface area contributed by atoms with Crippen molar-refractivity contribution in [2.24, 2.45) is 0 Å². The summed E-state index contributed by atoms with van der Waals surface area (Å²) in [5, 5.41) is 3.27. The summed E-state index contributed by atoms with van der Waals surface area (Å²) in [6.45, 7) is 4.07. The van der Waals surface area contributed by atoms with Crippen LogP contribution < -0.4 is 10.1 Å². The Bertz CT molecular complexity index is 536. The Morgan fingerprint density at radius 3 is 2.15 bits per heavy atom. The van der Waals surface area contributed by atoms with Crippen molar-refractivity contribution in [2.75, 3.05) is 7.05 Å². The minimum Gasteiger partial charge on any atom is -0.489 e. The lowest BCUT2D eigenvalue weighted by atomic mass is 10.0. The molecule has 0 spiro atoms. The highest BCUT2D eigenvalue weighted by Crippen LogP contribution is 2.22. The predicted molar refractivity (Wildman–Crippen MR) is 79.5 cm³/mol. The molecule has 0 radical (unpaired) electrons. The number of halogens is 1. The first-order valence-corrected chi connectivity index (χ1v) is 6.76.